The molecule has 2 aromatic rings. The number of carbonyl (C=O) groups is 2. The van der Waals surface area contributed by atoms with Crippen LogP contribution in [0.2, 0.25) is 0 Å². The zero-order chi connectivity index (χ0) is 20.3. The van der Waals surface area contributed by atoms with E-state index in [9.17, 15) is 19.8 Å². The molecule has 1 atom stereocenters. The van der Waals surface area contributed by atoms with Crippen LogP contribution in [0.3, 0.4) is 0 Å². The number of amides is 2. The summed E-state index contributed by atoms with van der Waals surface area (Å²) < 4.78 is 5.53. The Balaban J connectivity index is 1.58. The van der Waals surface area contributed by atoms with Crippen molar-refractivity contribution in [1.82, 2.24) is 10.2 Å². The average molecular weight is 418 g/mol. The lowest BCUT2D eigenvalue weighted by atomic mass is 10.1. The van der Waals surface area contributed by atoms with Crippen LogP contribution in [0.4, 0.5) is 0 Å². The number of phenols is 2. The van der Waals surface area contributed by atoms with Gasteiger partial charge < -0.3 is 19.9 Å². The molecule has 1 fully saturated rings. The quantitative estimate of drug-likeness (QED) is 0.376. The zero-order valence-electron chi connectivity index (χ0n) is 14.9. The van der Waals surface area contributed by atoms with Gasteiger partial charge in [0.2, 0.25) is 5.91 Å². The molecule has 1 saturated heterocycles. The van der Waals surface area contributed by atoms with Gasteiger partial charge in [0.15, 0.2) is 11.5 Å². The number of thioether (sulfide) groups is 1. The minimum absolute atomic E-state index is 0.196. The van der Waals surface area contributed by atoms with Crippen LogP contribution in [0.15, 0.2) is 45.9 Å². The van der Waals surface area contributed by atoms with Crippen molar-refractivity contribution in [3.63, 3.8) is 0 Å². The van der Waals surface area contributed by atoms with E-state index in [1.165, 1.54) is 23.3 Å². The molecule has 1 aromatic heterocycles. The van der Waals surface area contributed by atoms with Gasteiger partial charge >= 0.3 is 0 Å². The van der Waals surface area contributed by atoms with E-state index in [1.807, 2.05) is 0 Å². The lowest BCUT2D eigenvalue weighted by Crippen LogP contribution is -2.47. The number of phenolic OH excluding ortho intramolecular Hbond substituents is 2. The lowest BCUT2D eigenvalue weighted by molar-refractivity contribution is -0.132. The maximum atomic E-state index is 12.6. The molecule has 7 nitrogen and oxygen atoms in total. The van der Waals surface area contributed by atoms with Crippen LogP contribution in [0, 0.1) is 0 Å². The summed E-state index contributed by atoms with van der Waals surface area (Å²) in [6.45, 7) is 1.92. The number of hydrogen-bond acceptors (Lipinski definition) is 7. The number of nitrogens with one attached hydrogen (secondary N) is 1. The normalized spacial score (nSPS) is 16.6. The van der Waals surface area contributed by atoms with E-state index in [2.05, 4.69) is 5.32 Å². The van der Waals surface area contributed by atoms with Gasteiger partial charge in [-0.1, -0.05) is 30.0 Å². The number of hydrogen-bond donors (Lipinski definition) is 3. The van der Waals surface area contributed by atoms with E-state index in [1.54, 1.807) is 31.2 Å². The van der Waals surface area contributed by atoms with Crippen LogP contribution in [-0.4, -0.2) is 43.8 Å². The molecule has 2 heterocycles. The third kappa shape index (κ3) is 4.37. The third-order valence-corrected chi connectivity index (χ3v) is 5.49. The molecular formula is C19H18N2O5S2. The van der Waals surface area contributed by atoms with E-state index >= 15 is 0 Å². The highest BCUT2D eigenvalue weighted by molar-refractivity contribution is 8.26. The van der Waals surface area contributed by atoms with Gasteiger partial charge in [0.1, 0.15) is 16.1 Å². The molecule has 146 valence electrons. The fourth-order valence-corrected chi connectivity index (χ4v) is 4.03. The largest absolute Gasteiger partial charge is 0.504 e. The molecule has 2 amide bonds. The number of carbonyl (C=O) groups excluding carboxylic acids is 2. The summed E-state index contributed by atoms with van der Waals surface area (Å²) in [6, 6.07) is 7.17. The summed E-state index contributed by atoms with van der Waals surface area (Å²) in [5.74, 6) is -0.540. The number of nitrogens with zero attached hydrogens (tertiary/aromatic N) is 1. The summed E-state index contributed by atoms with van der Waals surface area (Å²) in [6.07, 6.45) is 3.57. The fourth-order valence-electron chi connectivity index (χ4n) is 2.64. The second kappa shape index (κ2) is 8.49. The summed E-state index contributed by atoms with van der Waals surface area (Å²) >= 11 is 6.39. The zero-order valence-corrected chi connectivity index (χ0v) is 16.5. The molecule has 9 heteroatoms. The van der Waals surface area contributed by atoms with Crippen LogP contribution in [-0.2, 0) is 16.0 Å². The molecule has 1 unspecified atom stereocenters. The van der Waals surface area contributed by atoms with Crippen molar-refractivity contribution in [2.45, 2.75) is 19.4 Å². The average Bonchev–Trinajstić information content (AvgIpc) is 3.26. The van der Waals surface area contributed by atoms with Gasteiger partial charge in [-0.05, 0) is 43.2 Å². The lowest BCUT2D eigenvalue weighted by Gasteiger charge is -2.22. The van der Waals surface area contributed by atoms with Crippen LogP contribution >= 0.6 is 24.0 Å². The van der Waals surface area contributed by atoms with Gasteiger partial charge in [-0.3, -0.25) is 14.5 Å². The summed E-state index contributed by atoms with van der Waals surface area (Å²) in [5, 5.41) is 21.6. The Hall–Kier alpha value is -2.78. The van der Waals surface area contributed by atoms with Crippen molar-refractivity contribution in [1.29, 1.82) is 0 Å². The van der Waals surface area contributed by atoms with Gasteiger partial charge in [0, 0.05) is 12.6 Å². The highest BCUT2D eigenvalue weighted by atomic mass is 32.2. The Kier molecular flexibility index (Phi) is 6.05. The molecule has 0 saturated carbocycles. The molecule has 1 aliphatic heterocycles. The van der Waals surface area contributed by atoms with Crippen LogP contribution in [0.1, 0.15) is 18.2 Å². The smallest absolute Gasteiger partial charge is 0.267 e. The highest BCUT2D eigenvalue weighted by Crippen LogP contribution is 2.34. The van der Waals surface area contributed by atoms with Crippen molar-refractivity contribution >= 4 is 46.2 Å². The number of furan rings is 1. The molecule has 0 bridgehead atoms. The van der Waals surface area contributed by atoms with Crippen molar-refractivity contribution in [3.8, 4) is 11.5 Å². The second-order valence-corrected chi connectivity index (χ2v) is 7.78. The van der Waals surface area contributed by atoms with Crippen molar-refractivity contribution in [3.05, 3.63) is 52.8 Å². The highest BCUT2D eigenvalue weighted by Gasteiger charge is 2.38. The molecular weight excluding hydrogens is 400 g/mol. The predicted molar refractivity (Wildman–Crippen MR) is 110 cm³/mol. The van der Waals surface area contributed by atoms with Gasteiger partial charge in [0.25, 0.3) is 5.91 Å². The molecule has 0 spiro atoms. The first kappa shape index (κ1) is 20.0. The Morgan fingerprint density at radius 3 is 2.82 bits per heavy atom. The topological polar surface area (TPSA) is 103 Å². The van der Waals surface area contributed by atoms with Gasteiger partial charge in [-0.25, -0.2) is 0 Å². The van der Waals surface area contributed by atoms with Crippen molar-refractivity contribution < 1.29 is 24.2 Å². The first-order valence-electron chi connectivity index (χ1n) is 8.46. The minimum Gasteiger partial charge on any atom is -0.504 e. The molecule has 3 N–H and O–H groups in total. The third-order valence-electron chi connectivity index (χ3n) is 4.16. The first-order chi connectivity index (χ1) is 13.4. The molecule has 0 radical (unpaired) electrons. The van der Waals surface area contributed by atoms with E-state index in [0.29, 0.717) is 28.0 Å². The Morgan fingerprint density at radius 1 is 1.36 bits per heavy atom. The Morgan fingerprint density at radius 2 is 2.14 bits per heavy atom. The van der Waals surface area contributed by atoms with E-state index < -0.39 is 6.04 Å². The molecule has 1 aliphatic rings. The summed E-state index contributed by atoms with van der Waals surface area (Å²) in [4.78, 5) is 26.8. The predicted octanol–water partition coefficient (Wildman–Crippen LogP) is 2.64. The van der Waals surface area contributed by atoms with E-state index in [-0.39, 0.29) is 23.3 Å². The maximum absolute atomic E-state index is 12.6. The molecule has 0 aliphatic carbocycles. The number of benzene rings is 1. The van der Waals surface area contributed by atoms with Gasteiger partial charge in [-0.15, -0.1) is 0 Å². The van der Waals surface area contributed by atoms with E-state index in [4.69, 9.17) is 16.6 Å². The van der Waals surface area contributed by atoms with Crippen LogP contribution < -0.4 is 5.32 Å². The van der Waals surface area contributed by atoms with Crippen molar-refractivity contribution in [2.24, 2.45) is 0 Å². The number of rotatable bonds is 6. The van der Waals surface area contributed by atoms with Crippen LogP contribution in [0.25, 0.3) is 6.08 Å². The molecule has 1 aromatic carbocycles. The molecule has 28 heavy (non-hydrogen) atoms. The number of thiocarbonyl (C=S) groups is 1. The second-order valence-electron chi connectivity index (χ2n) is 6.11. The SMILES string of the molecule is CC(C(=O)NCCc1ccc(O)c(O)c1)N1C(=O)C(=Cc2ccco2)SC1=S. The minimum atomic E-state index is -0.761. The van der Waals surface area contributed by atoms with Crippen LogP contribution in [0.5, 0.6) is 11.5 Å². The Labute approximate surface area is 171 Å². The summed E-state index contributed by atoms with van der Waals surface area (Å²) in [5.41, 5.74) is 0.759. The first-order valence-corrected chi connectivity index (χ1v) is 9.68. The van der Waals surface area contributed by atoms with E-state index in [0.717, 1.165) is 17.3 Å². The van der Waals surface area contributed by atoms with Gasteiger partial charge in [0.05, 0.1) is 11.2 Å². The molecule has 3 rings (SSSR count). The fraction of sp³-hybridized carbons (Fsp3) is 0.211. The van der Waals surface area contributed by atoms with Gasteiger partial charge in [-0.2, -0.15) is 0 Å². The number of aromatic hydroxyl groups is 2. The standard InChI is InChI=1S/C19H18N2O5S2/c1-11(17(24)20-7-6-12-4-5-14(22)15(23)9-12)21-18(25)16(28-19(21)27)10-13-3-2-8-26-13/h2-5,8-11,22-23H,6-7H2,1H3,(H,20,24). The summed E-state index contributed by atoms with van der Waals surface area (Å²) in [7, 11) is 0. The maximum Gasteiger partial charge on any atom is 0.267 e. The van der Waals surface area contributed by atoms with Crippen molar-refractivity contribution in [2.75, 3.05) is 6.54 Å². The monoisotopic (exact) mass is 418 g/mol. The Bertz CT molecular complexity index is 940.